The van der Waals surface area contributed by atoms with E-state index in [9.17, 15) is 14.7 Å². The molecule has 2 aromatic carbocycles. The molecule has 1 aliphatic rings. The van der Waals surface area contributed by atoms with Crippen molar-refractivity contribution in [3.63, 3.8) is 0 Å². The van der Waals surface area contributed by atoms with Gasteiger partial charge < -0.3 is 19.2 Å². The van der Waals surface area contributed by atoms with Crippen molar-refractivity contribution in [1.29, 1.82) is 0 Å². The number of methoxy groups -OCH3 is 1. The Morgan fingerprint density at radius 1 is 1.12 bits per heavy atom. The quantitative estimate of drug-likeness (QED) is 0.383. The number of ketones is 1. The Labute approximate surface area is 199 Å². The standard InChI is InChI=1S/C26H19ClN2O5/c1-33-19-5-2-16(3-6-19)23-22(24(30)21-13-17-12-18(27)4-7-20(17)34-21)25(31)26(32)29(23)14-15-8-10-28-11-9-15/h2-13,23,31H,14H2,1H3. The molecule has 5 rings (SSSR count). The Morgan fingerprint density at radius 2 is 1.85 bits per heavy atom. The first kappa shape index (κ1) is 21.7. The lowest BCUT2D eigenvalue weighted by Crippen LogP contribution is -2.30. The van der Waals surface area contributed by atoms with Gasteiger partial charge in [0.15, 0.2) is 11.5 Å². The summed E-state index contributed by atoms with van der Waals surface area (Å²) in [6.07, 6.45) is 3.24. The number of fused-ring (bicyclic) bond motifs is 1. The van der Waals surface area contributed by atoms with Gasteiger partial charge in [0.05, 0.1) is 18.7 Å². The topological polar surface area (TPSA) is 92.9 Å². The number of carbonyl (C=O) groups excluding carboxylic acids is 2. The molecule has 7 nitrogen and oxygen atoms in total. The molecule has 0 radical (unpaired) electrons. The SMILES string of the molecule is COc1ccc(C2C(C(=O)c3cc4cc(Cl)ccc4o3)=C(O)C(=O)N2Cc2ccncc2)cc1. The van der Waals surface area contributed by atoms with Gasteiger partial charge in [0.2, 0.25) is 5.78 Å². The minimum Gasteiger partial charge on any atom is -0.503 e. The molecule has 1 unspecified atom stereocenters. The molecule has 1 aliphatic heterocycles. The van der Waals surface area contributed by atoms with Crippen LogP contribution in [-0.2, 0) is 11.3 Å². The molecular weight excluding hydrogens is 456 g/mol. The highest BCUT2D eigenvalue weighted by Crippen LogP contribution is 2.41. The lowest BCUT2D eigenvalue weighted by molar-refractivity contribution is -0.130. The maximum Gasteiger partial charge on any atom is 0.290 e. The highest BCUT2D eigenvalue weighted by atomic mass is 35.5. The summed E-state index contributed by atoms with van der Waals surface area (Å²) in [6.45, 7) is 0.175. The smallest absolute Gasteiger partial charge is 0.290 e. The van der Waals surface area contributed by atoms with Gasteiger partial charge in [0.25, 0.3) is 5.91 Å². The highest BCUT2D eigenvalue weighted by Gasteiger charge is 2.44. The molecule has 8 heteroatoms. The maximum absolute atomic E-state index is 13.6. The maximum atomic E-state index is 13.6. The number of aliphatic hydroxyl groups excluding tert-OH is 1. The monoisotopic (exact) mass is 474 g/mol. The van der Waals surface area contributed by atoms with E-state index in [0.717, 1.165) is 5.56 Å². The Bertz CT molecular complexity index is 1430. The summed E-state index contributed by atoms with van der Waals surface area (Å²) in [7, 11) is 1.55. The van der Waals surface area contributed by atoms with E-state index in [2.05, 4.69) is 4.98 Å². The fourth-order valence-electron chi connectivity index (χ4n) is 4.13. The van der Waals surface area contributed by atoms with E-state index >= 15 is 0 Å². The van der Waals surface area contributed by atoms with E-state index in [4.69, 9.17) is 20.8 Å². The van der Waals surface area contributed by atoms with Crippen LogP contribution in [-0.4, -0.2) is 33.8 Å². The second-order valence-electron chi connectivity index (χ2n) is 7.85. The van der Waals surface area contributed by atoms with Gasteiger partial charge in [-0.1, -0.05) is 23.7 Å². The van der Waals surface area contributed by atoms with Crippen molar-refractivity contribution in [2.45, 2.75) is 12.6 Å². The molecule has 2 aromatic heterocycles. The number of pyridine rings is 1. The molecule has 0 saturated heterocycles. The molecule has 3 heterocycles. The third-order valence-corrected chi connectivity index (χ3v) is 6.02. The highest BCUT2D eigenvalue weighted by molar-refractivity contribution is 6.31. The summed E-state index contributed by atoms with van der Waals surface area (Å²) in [4.78, 5) is 32.2. The van der Waals surface area contributed by atoms with Crippen molar-refractivity contribution in [3.8, 4) is 5.75 Å². The molecule has 0 spiro atoms. The summed E-state index contributed by atoms with van der Waals surface area (Å²) >= 11 is 6.06. The number of rotatable bonds is 6. The number of aromatic nitrogens is 1. The van der Waals surface area contributed by atoms with Crippen LogP contribution in [0.25, 0.3) is 11.0 Å². The fraction of sp³-hybridized carbons (Fsp3) is 0.115. The van der Waals surface area contributed by atoms with Crippen LogP contribution in [0.15, 0.2) is 88.8 Å². The van der Waals surface area contributed by atoms with E-state index in [-0.39, 0.29) is 17.9 Å². The number of amides is 1. The van der Waals surface area contributed by atoms with Crippen LogP contribution in [0.1, 0.15) is 27.7 Å². The van der Waals surface area contributed by atoms with Gasteiger partial charge in [-0.2, -0.15) is 0 Å². The van der Waals surface area contributed by atoms with Crippen LogP contribution in [0.3, 0.4) is 0 Å². The number of carbonyl (C=O) groups is 2. The van der Waals surface area contributed by atoms with Crippen LogP contribution < -0.4 is 4.74 Å². The number of furan rings is 1. The minimum absolute atomic E-state index is 0.0101. The Balaban J connectivity index is 1.59. The van der Waals surface area contributed by atoms with Crippen molar-refractivity contribution in [3.05, 3.63) is 106 Å². The van der Waals surface area contributed by atoms with Crippen LogP contribution >= 0.6 is 11.6 Å². The first-order valence-electron chi connectivity index (χ1n) is 10.5. The minimum atomic E-state index is -0.823. The summed E-state index contributed by atoms with van der Waals surface area (Å²) in [5.74, 6) is -1.17. The number of aliphatic hydroxyl groups is 1. The third kappa shape index (κ3) is 3.80. The number of hydrogen-bond donors (Lipinski definition) is 1. The predicted octanol–water partition coefficient (Wildman–Crippen LogP) is 5.27. The van der Waals surface area contributed by atoms with E-state index in [1.165, 1.54) is 4.90 Å². The first-order valence-corrected chi connectivity index (χ1v) is 10.8. The van der Waals surface area contributed by atoms with Gasteiger partial charge in [-0.15, -0.1) is 0 Å². The largest absolute Gasteiger partial charge is 0.503 e. The van der Waals surface area contributed by atoms with Gasteiger partial charge in [-0.05, 0) is 59.7 Å². The molecule has 0 saturated carbocycles. The summed E-state index contributed by atoms with van der Waals surface area (Å²) in [5, 5.41) is 12.0. The van der Waals surface area contributed by atoms with Crippen molar-refractivity contribution in [2.24, 2.45) is 0 Å². The van der Waals surface area contributed by atoms with Crippen molar-refractivity contribution >= 4 is 34.3 Å². The number of hydrogen-bond acceptors (Lipinski definition) is 6. The summed E-state index contributed by atoms with van der Waals surface area (Å²) < 4.78 is 11.0. The van der Waals surface area contributed by atoms with Gasteiger partial charge in [0.1, 0.15) is 11.3 Å². The fourth-order valence-corrected chi connectivity index (χ4v) is 4.31. The number of benzene rings is 2. The Hall–Kier alpha value is -4.10. The number of ether oxygens (including phenoxy) is 1. The number of Topliss-reactive ketones (excluding diaryl/α,β-unsaturated/α-hetero) is 1. The average Bonchev–Trinajstić information content (AvgIpc) is 3.38. The number of halogens is 1. The second-order valence-corrected chi connectivity index (χ2v) is 8.28. The van der Waals surface area contributed by atoms with E-state index in [0.29, 0.717) is 27.3 Å². The van der Waals surface area contributed by atoms with Crippen LogP contribution in [0.4, 0.5) is 0 Å². The molecule has 4 aromatic rings. The second kappa shape index (κ2) is 8.68. The molecular formula is C26H19ClN2O5. The average molecular weight is 475 g/mol. The van der Waals surface area contributed by atoms with Crippen LogP contribution in [0, 0.1) is 0 Å². The van der Waals surface area contributed by atoms with E-state index < -0.39 is 23.5 Å². The molecule has 1 amide bonds. The zero-order valence-corrected chi connectivity index (χ0v) is 18.8. The Morgan fingerprint density at radius 3 is 2.56 bits per heavy atom. The van der Waals surface area contributed by atoms with Gasteiger partial charge in [-0.25, -0.2) is 0 Å². The molecule has 0 fully saturated rings. The normalized spacial score (nSPS) is 15.9. The molecule has 170 valence electrons. The van der Waals surface area contributed by atoms with Gasteiger partial charge in [-0.3, -0.25) is 14.6 Å². The molecule has 1 atom stereocenters. The molecule has 0 bridgehead atoms. The summed E-state index contributed by atoms with van der Waals surface area (Å²) in [6, 6.07) is 16.3. The summed E-state index contributed by atoms with van der Waals surface area (Å²) in [5.41, 5.74) is 1.89. The van der Waals surface area contributed by atoms with Crippen molar-refractivity contribution in [1.82, 2.24) is 9.88 Å². The lowest BCUT2D eigenvalue weighted by atomic mass is 9.94. The van der Waals surface area contributed by atoms with Gasteiger partial charge >= 0.3 is 0 Å². The van der Waals surface area contributed by atoms with E-state index in [1.54, 1.807) is 80.2 Å². The van der Waals surface area contributed by atoms with Crippen molar-refractivity contribution in [2.75, 3.05) is 7.11 Å². The third-order valence-electron chi connectivity index (χ3n) is 5.78. The lowest BCUT2D eigenvalue weighted by Gasteiger charge is -2.27. The zero-order valence-electron chi connectivity index (χ0n) is 18.1. The number of nitrogens with zero attached hydrogens (tertiary/aromatic N) is 2. The molecule has 34 heavy (non-hydrogen) atoms. The van der Waals surface area contributed by atoms with Crippen molar-refractivity contribution < 1.29 is 23.8 Å². The van der Waals surface area contributed by atoms with E-state index in [1.807, 2.05) is 0 Å². The van der Waals surface area contributed by atoms with Gasteiger partial charge in [0, 0.05) is 29.3 Å². The first-order chi connectivity index (χ1) is 16.5. The predicted molar refractivity (Wildman–Crippen MR) is 126 cm³/mol. The van der Waals surface area contributed by atoms with Crippen LogP contribution in [0.5, 0.6) is 5.75 Å². The van der Waals surface area contributed by atoms with Crippen LogP contribution in [0.2, 0.25) is 5.02 Å². The molecule has 1 N–H and O–H groups in total. The Kier molecular flexibility index (Phi) is 5.55. The zero-order chi connectivity index (χ0) is 23.8. The molecule has 0 aliphatic carbocycles.